The number of rotatable bonds is 1. The van der Waals surface area contributed by atoms with Crippen LogP contribution in [0.3, 0.4) is 0 Å². The van der Waals surface area contributed by atoms with E-state index in [1.165, 1.54) is 24.1 Å². The Morgan fingerprint density at radius 3 is 2.32 bits per heavy atom. The quantitative estimate of drug-likeness (QED) is 0.372. The Bertz CT molecular complexity index is 1250. The van der Waals surface area contributed by atoms with Crippen molar-refractivity contribution in [3.8, 4) is 23.5 Å². The molecule has 1 aliphatic heterocycles. The zero-order valence-electron chi connectivity index (χ0n) is 16.5. The van der Waals surface area contributed by atoms with E-state index >= 15 is 0 Å². The number of amides is 1. The molecule has 0 fully saturated rings. The number of benzene rings is 3. The Hall–Kier alpha value is -3.85. The summed E-state index contributed by atoms with van der Waals surface area (Å²) in [7, 11) is 0. The molecule has 1 N–H and O–H groups in total. The lowest BCUT2D eigenvalue weighted by atomic mass is 10.0. The summed E-state index contributed by atoms with van der Waals surface area (Å²) < 4.78 is 39.3. The van der Waals surface area contributed by atoms with Crippen LogP contribution in [0.2, 0.25) is 0 Å². The molecular formula is C25H17F3N2O. The molecule has 1 amide bonds. The van der Waals surface area contributed by atoms with E-state index in [9.17, 15) is 18.0 Å². The first-order chi connectivity index (χ1) is 14.8. The first kappa shape index (κ1) is 20.4. The van der Waals surface area contributed by atoms with E-state index in [0.29, 0.717) is 16.8 Å². The van der Waals surface area contributed by atoms with Gasteiger partial charge in [0.1, 0.15) is 0 Å². The fraction of sp³-hybridized carbons (Fsp3) is 0.120. The predicted octanol–water partition coefficient (Wildman–Crippen LogP) is 6.13. The summed E-state index contributed by atoms with van der Waals surface area (Å²) in [6.07, 6.45) is 0.910. The number of carbonyl (C=O) groups is 1. The molecule has 3 aliphatic rings. The average Bonchev–Trinajstić information content (AvgIpc) is 3.37. The second-order valence-corrected chi connectivity index (χ2v) is 7.24. The number of carbonyl (C=O) groups excluding carboxylic acids is 1. The second kappa shape index (κ2) is 7.77. The lowest BCUT2D eigenvalue weighted by Crippen LogP contribution is -2.16. The Morgan fingerprint density at radius 2 is 1.74 bits per heavy atom. The average molecular weight is 418 g/mol. The normalized spacial score (nSPS) is 13.5. The van der Waals surface area contributed by atoms with Gasteiger partial charge in [0.05, 0.1) is 29.1 Å². The number of anilines is 1. The third-order valence-electron chi connectivity index (χ3n) is 5.01. The van der Waals surface area contributed by atoms with Crippen LogP contribution >= 0.6 is 0 Å². The molecule has 2 aromatic rings. The van der Waals surface area contributed by atoms with E-state index < -0.39 is 17.6 Å². The van der Waals surface area contributed by atoms with Crippen LogP contribution in [0.5, 0.6) is 0 Å². The van der Waals surface area contributed by atoms with Crippen LogP contribution in [0.15, 0.2) is 65.7 Å². The van der Waals surface area contributed by atoms with Crippen molar-refractivity contribution in [2.24, 2.45) is 4.99 Å². The Labute approximate surface area is 177 Å². The van der Waals surface area contributed by atoms with Crippen LogP contribution in [0.25, 0.3) is 11.1 Å². The standard InChI is InChI=1S/C19H13F3N2O.C6H4/c1-3-12-6-4-5-7-13(12)15-10-18(25)24-17-9-14(19(20,21)22)11(2)8-16(17)23-15;1-2-5-4-6(5)3-1/h1,4-9H,10H2,2H3,(H,24,25);1-4H. The lowest BCUT2D eigenvalue weighted by Gasteiger charge is -2.13. The highest BCUT2D eigenvalue weighted by Crippen LogP contribution is 2.39. The molecule has 3 nitrogen and oxygen atoms in total. The minimum atomic E-state index is -4.50. The highest BCUT2D eigenvalue weighted by atomic mass is 19.4. The number of halogens is 3. The Kier molecular flexibility index (Phi) is 5.12. The van der Waals surface area contributed by atoms with Crippen LogP contribution in [0, 0.1) is 19.3 Å². The number of alkyl halides is 3. The molecule has 6 heteroatoms. The summed E-state index contributed by atoms with van der Waals surface area (Å²) in [5.74, 6) is 2.09. The van der Waals surface area contributed by atoms with E-state index in [-0.39, 0.29) is 23.4 Å². The van der Waals surface area contributed by atoms with Crippen LogP contribution in [0.4, 0.5) is 24.5 Å². The largest absolute Gasteiger partial charge is 0.416 e. The van der Waals surface area contributed by atoms with Crippen LogP contribution in [-0.4, -0.2) is 11.6 Å². The molecule has 0 bridgehead atoms. The number of hydrogen-bond acceptors (Lipinski definition) is 2. The van der Waals surface area contributed by atoms with Gasteiger partial charge in [-0.1, -0.05) is 42.3 Å². The zero-order valence-corrected chi connectivity index (χ0v) is 16.5. The van der Waals surface area contributed by atoms with Crippen molar-refractivity contribution in [1.82, 2.24) is 0 Å². The van der Waals surface area contributed by atoms with Crippen molar-refractivity contribution in [3.63, 3.8) is 0 Å². The monoisotopic (exact) mass is 418 g/mol. The van der Waals surface area contributed by atoms with Crippen LogP contribution in [-0.2, 0) is 11.0 Å². The maximum Gasteiger partial charge on any atom is 0.416 e. The smallest absolute Gasteiger partial charge is 0.324 e. The van der Waals surface area contributed by atoms with Crippen molar-refractivity contribution >= 4 is 23.0 Å². The Morgan fingerprint density at radius 1 is 1.03 bits per heavy atom. The summed E-state index contributed by atoms with van der Waals surface area (Å²) in [6, 6.07) is 17.7. The van der Waals surface area contributed by atoms with Gasteiger partial charge in [-0.3, -0.25) is 9.79 Å². The van der Waals surface area contributed by atoms with E-state index in [2.05, 4.69) is 40.5 Å². The topological polar surface area (TPSA) is 41.5 Å². The van der Waals surface area contributed by atoms with Crippen LogP contribution < -0.4 is 5.32 Å². The second-order valence-electron chi connectivity index (χ2n) is 7.24. The number of terminal acetylenes is 1. The minimum absolute atomic E-state index is 0.0377. The highest BCUT2D eigenvalue weighted by molar-refractivity contribution is 6.17. The van der Waals surface area contributed by atoms with Gasteiger partial charge in [0.25, 0.3) is 0 Å². The molecule has 0 unspecified atom stereocenters. The molecule has 0 radical (unpaired) electrons. The third-order valence-corrected chi connectivity index (χ3v) is 5.01. The molecule has 5 rings (SSSR count). The molecule has 2 aromatic carbocycles. The van der Waals surface area contributed by atoms with E-state index in [0.717, 1.165) is 6.07 Å². The fourth-order valence-electron chi connectivity index (χ4n) is 3.41. The molecule has 1 heterocycles. The van der Waals surface area contributed by atoms with E-state index in [1.54, 1.807) is 24.3 Å². The van der Waals surface area contributed by atoms with Gasteiger partial charge >= 0.3 is 6.18 Å². The number of hydrogen-bond donors (Lipinski definition) is 1. The maximum atomic E-state index is 13.1. The van der Waals surface area contributed by atoms with Crippen molar-refractivity contribution in [2.75, 3.05) is 5.32 Å². The van der Waals surface area contributed by atoms with Gasteiger partial charge < -0.3 is 5.32 Å². The summed E-state index contributed by atoms with van der Waals surface area (Å²) >= 11 is 0. The molecule has 0 spiro atoms. The number of nitrogens with zero attached hydrogens (tertiary/aromatic N) is 1. The van der Waals surface area contributed by atoms with Gasteiger partial charge in [-0.25, -0.2) is 0 Å². The summed E-state index contributed by atoms with van der Waals surface area (Å²) in [6.45, 7) is 1.36. The molecule has 0 aromatic heterocycles. The Balaban J connectivity index is 0.000000325. The summed E-state index contributed by atoms with van der Waals surface area (Å²) in [5, 5.41) is 2.49. The van der Waals surface area contributed by atoms with E-state index in [1.807, 2.05) is 0 Å². The fourth-order valence-corrected chi connectivity index (χ4v) is 3.41. The molecule has 154 valence electrons. The molecule has 0 saturated carbocycles. The van der Waals surface area contributed by atoms with Crippen LogP contribution in [0.1, 0.15) is 28.7 Å². The number of aryl methyl sites for hydroxylation is 1. The summed E-state index contributed by atoms with van der Waals surface area (Å²) in [5.41, 5.74) is 4.01. The first-order valence-electron chi connectivity index (χ1n) is 9.52. The number of nitrogens with one attached hydrogen (secondary N) is 1. The zero-order chi connectivity index (χ0) is 22.2. The van der Waals surface area contributed by atoms with Gasteiger partial charge in [-0.15, -0.1) is 6.42 Å². The van der Waals surface area contributed by atoms with Crippen molar-refractivity contribution < 1.29 is 18.0 Å². The summed E-state index contributed by atoms with van der Waals surface area (Å²) in [4.78, 5) is 16.6. The predicted molar refractivity (Wildman–Crippen MR) is 115 cm³/mol. The molecule has 2 aliphatic carbocycles. The van der Waals surface area contributed by atoms with Crippen molar-refractivity contribution in [1.29, 1.82) is 0 Å². The lowest BCUT2D eigenvalue weighted by molar-refractivity contribution is -0.138. The molecule has 0 saturated heterocycles. The minimum Gasteiger partial charge on any atom is -0.324 e. The SMILES string of the molecule is C#Cc1ccccc1C1=Nc2cc(C)c(C(F)(F)F)cc2NC(=O)C1.c1cc2cc-2c1. The van der Waals surface area contributed by atoms with E-state index in [4.69, 9.17) is 6.42 Å². The third kappa shape index (κ3) is 4.36. The van der Waals surface area contributed by atoms with Gasteiger partial charge in [-0.2, -0.15) is 13.2 Å². The highest BCUT2D eigenvalue weighted by Gasteiger charge is 2.34. The molecule has 0 atom stereocenters. The maximum absolute atomic E-state index is 13.1. The van der Waals surface area contributed by atoms with Gasteiger partial charge in [0.2, 0.25) is 5.91 Å². The van der Waals surface area contributed by atoms with Gasteiger partial charge in [-0.05, 0) is 47.9 Å². The number of fused-ring (bicyclic) bond motifs is 2. The van der Waals surface area contributed by atoms with Gasteiger partial charge in [0.15, 0.2) is 0 Å². The molecular weight excluding hydrogens is 401 g/mol. The van der Waals surface area contributed by atoms with Crippen molar-refractivity contribution in [2.45, 2.75) is 19.5 Å². The molecule has 31 heavy (non-hydrogen) atoms. The van der Waals surface area contributed by atoms with Gasteiger partial charge in [0, 0.05) is 11.1 Å². The number of aliphatic imine (C=N–C) groups is 1. The first-order valence-corrected chi connectivity index (χ1v) is 9.52. The van der Waals surface area contributed by atoms with Crippen molar-refractivity contribution in [3.05, 3.63) is 82.9 Å².